The van der Waals surface area contributed by atoms with Crippen molar-refractivity contribution >= 4 is 28.1 Å². The fraction of sp³-hybridized carbons (Fsp3) is 0.375. The van der Waals surface area contributed by atoms with Gasteiger partial charge >= 0.3 is 0 Å². The number of thiazole rings is 1. The average Bonchev–Trinajstić information content (AvgIpc) is 2.80. The number of benzene rings is 1. The van der Waals surface area contributed by atoms with Crippen LogP contribution in [0.5, 0.6) is 0 Å². The molecule has 1 heterocycles. The molecule has 1 aromatic carbocycles. The molecule has 0 saturated heterocycles. The molecule has 2 rings (SSSR count). The molecule has 5 heteroatoms. The molecule has 0 saturated carbocycles. The molecule has 112 valence electrons. The van der Waals surface area contributed by atoms with Crippen molar-refractivity contribution in [2.45, 2.75) is 33.6 Å². The van der Waals surface area contributed by atoms with E-state index in [9.17, 15) is 4.79 Å². The van der Waals surface area contributed by atoms with Crippen LogP contribution in [0.1, 0.15) is 31.6 Å². The van der Waals surface area contributed by atoms with Crippen molar-refractivity contribution < 1.29 is 4.79 Å². The molecule has 0 aliphatic heterocycles. The van der Waals surface area contributed by atoms with Crippen LogP contribution in [0, 0.1) is 6.92 Å². The number of nitrogens with one attached hydrogen (secondary N) is 2. The molecule has 2 N–H and O–H groups in total. The number of aryl methyl sites for hydroxylation is 1. The molecule has 1 amide bonds. The predicted octanol–water partition coefficient (Wildman–Crippen LogP) is 4.29. The molecule has 0 aliphatic carbocycles. The Bertz CT molecular complexity index is 604. The standard InChI is InChI=1S/C16H21N3OS/c1-4-5-10-17-16-19-15(11(2)21-16)13-6-8-14(9-7-13)18-12(3)20/h6-9H,4-5,10H2,1-3H3,(H,17,19)(H,18,20). The quantitative estimate of drug-likeness (QED) is 0.783. The van der Waals surface area contributed by atoms with Gasteiger partial charge in [-0.3, -0.25) is 4.79 Å². The van der Waals surface area contributed by atoms with Gasteiger partial charge in [-0.05, 0) is 25.5 Å². The van der Waals surface area contributed by atoms with Crippen LogP contribution in [-0.4, -0.2) is 17.4 Å². The van der Waals surface area contributed by atoms with E-state index in [1.54, 1.807) is 11.3 Å². The molecular weight excluding hydrogens is 282 g/mol. The summed E-state index contributed by atoms with van der Waals surface area (Å²) in [5, 5.41) is 7.11. The van der Waals surface area contributed by atoms with Crippen molar-refractivity contribution in [3.63, 3.8) is 0 Å². The molecule has 4 nitrogen and oxygen atoms in total. The van der Waals surface area contributed by atoms with Gasteiger partial charge in [0.1, 0.15) is 0 Å². The molecule has 21 heavy (non-hydrogen) atoms. The van der Waals surface area contributed by atoms with Crippen LogP contribution in [0.3, 0.4) is 0 Å². The number of carbonyl (C=O) groups is 1. The molecule has 0 bridgehead atoms. The van der Waals surface area contributed by atoms with Crippen LogP contribution in [0.4, 0.5) is 10.8 Å². The summed E-state index contributed by atoms with van der Waals surface area (Å²) in [4.78, 5) is 16.9. The van der Waals surface area contributed by atoms with Crippen LogP contribution >= 0.6 is 11.3 Å². The third kappa shape index (κ3) is 4.29. The highest BCUT2D eigenvalue weighted by Gasteiger charge is 2.09. The lowest BCUT2D eigenvalue weighted by Gasteiger charge is -2.03. The maximum atomic E-state index is 11.0. The molecule has 0 atom stereocenters. The highest BCUT2D eigenvalue weighted by Crippen LogP contribution is 2.31. The number of unbranched alkanes of at least 4 members (excludes halogenated alkanes) is 1. The van der Waals surface area contributed by atoms with Crippen LogP contribution in [0.2, 0.25) is 0 Å². The fourth-order valence-corrected chi connectivity index (χ4v) is 2.89. The van der Waals surface area contributed by atoms with Gasteiger partial charge in [-0.2, -0.15) is 0 Å². The van der Waals surface area contributed by atoms with Crippen LogP contribution in [0.25, 0.3) is 11.3 Å². The largest absolute Gasteiger partial charge is 0.361 e. The maximum absolute atomic E-state index is 11.0. The minimum absolute atomic E-state index is 0.0602. The minimum Gasteiger partial charge on any atom is -0.361 e. The van der Waals surface area contributed by atoms with Gasteiger partial charge in [0, 0.05) is 29.6 Å². The highest BCUT2D eigenvalue weighted by molar-refractivity contribution is 7.16. The maximum Gasteiger partial charge on any atom is 0.221 e. The van der Waals surface area contributed by atoms with E-state index in [2.05, 4.69) is 29.5 Å². The Morgan fingerprint density at radius 3 is 2.62 bits per heavy atom. The Kier molecular flexibility index (Phi) is 5.33. The molecule has 2 aromatic rings. The fourth-order valence-electron chi connectivity index (χ4n) is 2.03. The Balaban J connectivity index is 2.12. The summed E-state index contributed by atoms with van der Waals surface area (Å²) in [6, 6.07) is 7.78. The second kappa shape index (κ2) is 7.22. The molecule has 1 aromatic heterocycles. The van der Waals surface area contributed by atoms with Gasteiger partial charge in [-0.25, -0.2) is 4.98 Å². The van der Waals surface area contributed by atoms with Crippen molar-refractivity contribution in [1.29, 1.82) is 0 Å². The van der Waals surface area contributed by atoms with Crippen molar-refractivity contribution in [2.75, 3.05) is 17.2 Å². The van der Waals surface area contributed by atoms with Crippen molar-refractivity contribution in [3.05, 3.63) is 29.1 Å². The van der Waals surface area contributed by atoms with Gasteiger partial charge in [-0.1, -0.05) is 25.5 Å². The van der Waals surface area contributed by atoms with E-state index in [1.165, 1.54) is 18.2 Å². The number of anilines is 2. The van der Waals surface area contributed by atoms with Crippen molar-refractivity contribution in [3.8, 4) is 11.3 Å². The summed E-state index contributed by atoms with van der Waals surface area (Å²) in [6.45, 7) is 6.73. The van der Waals surface area contributed by atoms with E-state index in [-0.39, 0.29) is 5.91 Å². The van der Waals surface area contributed by atoms with Gasteiger partial charge in [0.05, 0.1) is 5.69 Å². The first-order valence-corrected chi connectivity index (χ1v) is 8.01. The van der Waals surface area contributed by atoms with E-state index in [1.807, 2.05) is 24.3 Å². The van der Waals surface area contributed by atoms with Crippen LogP contribution in [-0.2, 0) is 4.79 Å². The molecular formula is C16H21N3OS. The van der Waals surface area contributed by atoms with Gasteiger partial charge < -0.3 is 10.6 Å². The highest BCUT2D eigenvalue weighted by atomic mass is 32.1. The first-order chi connectivity index (χ1) is 10.1. The molecule has 0 aliphatic rings. The number of aromatic nitrogens is 1. The SMILES string of the molecule is CCCCNc1nc(-c2ccc(NC(C)=O)cc2)c(C)s1. The Hall–Kier alpha value is -1.88. The summed E-state index contributed by atoms with van der Waals surface area (Å²) in [5.74, 6) is -0.0602. The van der Waals surface area contributed by atoms with E-state index >= 15 is 0 Å². The molecule has 0 fully saturated rings. The topological polar surface area (TPSA) is 54.0 Å². The summed E-state index contributed by atoms with van der Waals surface area (Å²) >= 11 is 1.68. The van der Waals surface area contributed by atoms with Gasteiger partial charge in [0.15, 0.2) is 5.13 Å². The number of rotatable bonds is 6. The average molecular weight is 303 g/mol. The van der Waals surface area contributed by atoms with E-state index < -0.39 is 0 Å². The Labute approximate surface area is 129 Å². The smallest absolute Gasteiger partial charge is 0.221 e. The third-order valence-electron chi connectivity index (χ3n) is 3.08. The number of carbonyl (C=O) groups excluding carboxylic acids is 1. The second-order valence-electron chi connectivity index (χ2n) is 4.96. The number of nitrogens with zero attached hydrogens (tertiary/aromatic N) is 1. The zero-order chi connectivity index (χ0) is 15.2. The first kappa shape index (κ1) is 15.5. The first-order valence-electron chi connectivity index (χ1n) is 7.19. The summed E-state index contributed by atoms with van der Waals surface area (Å²) in [6.07, 6.45) is 2.33. The van der Waals surface area contributed by atoms with Crippen LogP contribution < -0.4 is 10.6 Å². The van der Waals surface area contributed by atoms with Crippen LogP contribution in [0.15, 0.2) is 24.3 Å². The van der Waals surface area contributed by atoms with Gasteiger partial charge in [0.25, 0.3) is 0 Å². The predicted molar refractivity (Wildman–Crippen MR) is 90.0 cm³/mol. The molecule has 0 spiro atoms. The third-order valence-corrected chi connectivity index (χ3v) is 4.01. The lowest BCUT2D eigenvalue weighted by molar-refractivity contribution is -0.114. The zero-order valence-electron chi connectivity index (χ0n) is 12.7. The Morgan fingerprint density at radius 2 is 2.00 bits per heavy atom. The second-order valence-corrected chi connectivity index (χ2v) is 6.17. The molecule has 0 unspecified atom stereocenters. The lowest BCUT2D eigenvalue weighted by Crippen LogP contribution is -2.05. The van der Waals surface area contributed by atoms with E-state index in [0.717, 1.165) is 35.0 Å². The van der Waals surface area contributed by atoms with E-state index in [4.69, 9.17) is 0 Å². The summed E-state index contributed by atoms with van der Waals surface area (Å²) in [5.41, 5.74) is 2.88. The van der Waals surface area contributed by atoms with Crippen molar-refractivity contribution in [1.82, 2.24) is 4.98 Å². The van der Waals surface area contributed by atoms with E-state index in [0.29, 0.717) is 0 Å². The minimum atomic E-state index is -0.0602. The zero-order valence-corrected chi connectivity index (χ0v) is 13.5. The number of amides is 1. The number of hydrogen-bond donors (Lipinski definition) is 2. The van der Waals surface area contributed by atoms with Gasteiger partial charge in [-0.15, -0.1) is 11.3 Å². The lowest BCUT2D eigenvalue weighted by atomic mass is 10.1. The number of hydrogen-bond acceptors (Lipinski definition) is 4. The normalized spacial score (nSPS) is 10.4. The van der Waals surface area contributed by atoms with Gasteiger partial charge in [0.2, 0.25) is 5.91 Å². The summed E-state index contributed by atoms with van der Waals surface area (Å²) in [7, 11) is 0. The summed E-state index contributed by atoms with van der Waals surface area (Å²) < 4.78 is 0. The Morgan fingerprint density at radius 1 is 1.29 bits per heavy atom. The molecule has 0 radical (unpaired) electrons. The monoisotopic (exact) mass is 303 g/mol. The van der Waals surface area contributed by atoms with Crippen molar-refractivity contribution in [2.24, 2.45) is 0 Å².